The van der Waals surface area contributed by atoms with E-state index in [1.54, 1.807) is 6.08 Å². The van der Waals surface area contributed by atoms with Crippen molar-refractivity contribution in [3.05, 3.63) is 37.5 Å². The van der Waals surface area contributed by atoms with Crippen molar-refractivity contribution in [1.82, 2.24) is 0 Å². The van der Waals surface area contributed by atoms with E-state index in [0.29, 0.717) is 0 Å². The third-order valence-electron chi connectivity index (χ3n) is 1.35. The first-order valence-corrected chi connectivity index (χ1v) is 7.49. The van der Waals surface area contributed by atoms with Gasteiger partial charge in [0.25, 0.3) is 0 Å². The zero-order chi connectivity index (χ0) is 15.1. The van der Waals surface area contributed by atoms with Crippen molar-refractivity contribution in [2.75, 3.05) is 0 Å². The summed E-state index contributed by atoms with van der Waals surface area (Å²) in [4.78, 5) is 0. The van der Waals surface area contributed by atoms with Crippen LogP contribution in [0.15, 0.2) is 37.5 Å². The number of hydrogen-bond donors (Lipinski definition) is 0. The van der Waals surface area contributed by atoms with Crippen molar-refractivity contribution >= 4 is 0 Å². The Hall–Kier alpha value is -0.780. The highest BCUT2D eigenvalue weighted by Crippen LogP contribution is 1.88. The van der Waals surface area contributed by atoms with Crippen LogP contribution in [0.2, 0.25) is 0 Å². The topological polar surface area (TPSA) is 0 Å². The molecule has 0 nitrogen and oxygen atoms in total. The molecule has 110 valence electrons. The maximum absolute atomic E-state index is 3.55. The Kier molecular flexibility index (Phi) is 63.7. The van der Waals surface area contributed by atoms with Gasteiger partial charge in [0.05, 0.1) is 0 Å². The van der Waals surface area contributed by atoms with Gasteiger partial charge in [-0.25, -0.2) is 0 Å². The standard InChI is InChI=1S/C7H14.C5H10.C3H8.C3H6/c1-3-5-7-6-4-2;1-3-5-4-2;2*1-3-2/h5,7H,3-4,6H2,1-2H3;3H,1,4-5H2,2H3;3H2,1-2H3;3H,1H2,2H3. The van der Waals surface area contributed by atoms with E-state index in [2.05, 4.69) is 59.9 Å². The molecule has 0 spiro atoms. The van der Waals surface area contributed by atoms with Gasteiger partial charge in [0.2, 0.25) is 0 Å². The summed E-state index contributed by atoms with van der Waals surface area (Å²) in [5, 5.41) is 0. The van der Waals surface area contributed by atoms with Crippen molar-refractivity contribution in [3.8, 4) is 0 Å². The Morgan fingerprint density at radius 3 is 1.33 bits per heavy atom. The number of allylic oxidation sites excluding steroid dienone is 4. The molecule has 0 unspecified atom stereocenters. The minimum Gasteiger partial charge on any atom is -0.103 e. The lowest BCUT2D eigenvalue weighted by Gasteiger charge is -1.79. The maximum Gasteiger partial charge on any atom is -0.0353 e. The molecule has 0 saturated carbocycles. The van der Waals surface area contributed by atoms with E-state index in [1.165, 1.54) is 32.1 Å². The number of rotatable bonds is 5. The quantitative estimate of drug-likeness (QED) is 0.450. The van der Waals surface area contributed by atoms with Crippen LogP contribution in [0, 0.1) is 0 Å². The van der Waals surface area contributed by atoms with E-state index >= 15 is 0 Å². The van der Waals surface area contributed by atoms with Gasteiger partial charge in [-0.05, 0) is 26.2 Å². The van der Waals surface area contributed by atoms with E-state index in [9.17, 15) is 0 Å². The molecule has 0 aliphatic carbocycles. The van der Waals surface area contributed by atoms with Crippen LogP contribution in [-0.2, 0) is 0 Å². The summed E-state index contributed by atoms with van der Waals surface area (Å²) < 4.78 is 0. The van der Waals surface area contributed by atoms with E-state index in [-0.39, 0.29) is 0 Å². The molecule has 0 bridgehead atoms. The molecule has 0 fully saturated rings. The molecule has 0 aliphatic rings. The fourth-order valence-electron chi connectivity index (χ4n) is 0.655. The molecular weight excluding hydrogens is 216 g/mol. The van der Waals surface area contributed by atoms with Crippen molar-refractivity contribution in [1.29, 1.82) is 0 Å². The zero-order valence-electron chi connectivity index (χ0n) is 14.0. The van der Waals surface area contributed by atoms with Crippen molar-refractivity contribution in [3.63, 3.8) is 0 Å². The summed E-state index contributed by atoms with van der Waals surface area (Å²) in [6.07, 6.45) is 15.5. The molecule has 0 N–H and O–H groups in total. The van der Waals surface area contributed by atoms with E-state index in [0.717, 1.165) is 6.42 Å². The molecule has 0 heterocycles. The highest BCUT2D eigenvalue weighted by Gasteiger charge is 1.68. The van der Waals surface area contributed by atoms with Gasteiger partial charge in [0.1, 0.15) is 0 Å². The molecule has 0 rings (SSSR count). The highest BCUT2D eigenvalue weighted by molar-refractivity contribution is 4.78. The van der Waals surface area contributed by atoms with Gasteiger partial charge in [0.15, 0.2) is 0 Å². The fourth-order valence-corrected chi connectivity index (χ4v) is 0.655. The first-order valence-electron chi connectivity index (χ1n) is 7.49. The SMILES string of the molecule is C=CC.C=CCCC.CCC.CCC=CCCC. The molecule has 0 aromatic carbocycles. The molecular formula is C18H38. The van der Waals surface area contributed by atoms with Gasteiger partial charge in [-0.2, -0.15) is 0 Å². The smallest absolute Gasteiger partial charge is 0.0353 e. The van der Waals surface area contributed by atoms with Gasteiger partial charge in [-0.15, -0.1) is 13.2 Å². The number of hydrogen-bond acceptors (Lipinski definition) is 0. The van der Waals surface area contributed by atoms with Crippen molar-refractivity contribution in [2.45, 2.75) is 80.1 Å². The monoisotopic (exact) mass is 254 g/mol. The summed E-state index contributed by atoms with van der Waals surface area (Å²) in [6.45, 7) is 19.5. The average Bonchev–Trinajstić information content (AvgIpc) is 2.34. The maximum atomic E-state index is 3.55. The fraction of sp³-hybridized carbons (Fsp3) is 0.667. The van der Waals surface area contributed by atoms with E-state index in [4.69, 9.17) is 0 Å². The molecule has 0 aliphatic heterocycles. The largest absolute Gasteiger partial charge is 0.103 e. The molecule has 0 saturated heterocycles. The minimum atomic E-state index is 1.15. The van der Waals surface area contributed by atoms with Gasteiger partial charge < -0.3 is 0 Å². The summed E-state index contributed by atoms with van der Waals surface area (Å²) in [5.41, 5.74) is 0. The van der Waals surface area contributed by atoms with E-state index in [1.807, 2.05) is 13.0 Å². The Bertz CT molecular complexity index is 131. The van der Waals surface area contributed by atoms with Crippen LogP contribution in [0.3, 0.4) is 0 Å². The highest BCUT2D eigenvalue weighted by atomic mass is 13.7. The van der Waals surface area contributed by atoms with Crippen LogP contribution >= 0.6 is 0 Å². The normalized spacial score (nSPS) is 7.89. The lowest BCUT2D eigenvalue weighted by Crippen LogP contribution is -1.58. The van der Waals surface area contributed by atoms with Gasteiger partial charge in [0, 0.05) is 0 Å². The molecule has 0 aromatic rings. The summed E-state index contributed by atoms with van der Waals surface area (Å²) in [5.74, 6) is 0. The molecule has 0 radical (unpaired) electrons. The molecule has 0 atom stereocenters. The first-order chi connectivity index (χ1) is 8.66. The van der Waals surface area contributed by atoms with Crippen molar-refractivity contribution < 1.29 is 0 Å². The predicted molar refractivity (Wildman–Crippen MR) is 91.3 cm³/mol. The summed E-state index contributed by atoms with van der Waals surface area (Å²) in [7, 11) is 0. The van der Waals surface area contributed by atoms with Gasteiger partial charge in [-0.1, -0.05) is 78.2 Å². The van der Waals surface area contributed by atoms with Crippen LogP contribution in [-0.4, -0.2) is 0 Å². The summed E-state index contributed by atoms with van der Waals surface area (Å²) >= 11 is 0. The Morgan fingerprint density at radius 2 is 1.17 bits per heavy atom. The van der Waals surface area contributed by atoms with Crippen LogP contribution in [0.4, 0.5) is 0 Å². The summed E-state index contributed by atoms with van der Waals surface area (Å²) in [6, 6.07) is 0. The molecule has 0 amide bonds. The van der Waals surface area contributed by atoms with Crippen LogP contribution < -0.4 is 0 Å². The first kappa shape index (κ1) is 25.9. The molecule has 0 heteroatoms. The van der Waals surface area contributed by atoms with Crippen LogP contribution in [0.1, 0.15) is 80.1 Å². The Balaban J connectivity index is -0.0000000784. The second-order valence-electron chi connectivity index (χ2n) is 3.86. The third-order valence-corrected chi connectivity index (χ3v) is 1.35. The number of unbranched alkanes of at least 4 members (excludes halogenated alkanes) is 2. The van der Waals surface area contributed by atoms with E-state index < -0.39 is 0 Å². The average molecular weight is 255 g/mol. The molecule has 18 heavy (non-hydrogen) atoms. The lowest BCUT2D eigenvalue weighted by molar-refractivity contribution is 0.952. The zero-order valence-corrected chi connectivity index (χ0v) is 14.0. The Labute approximate surface area is 118 Å². The van der Waals surface area contributed by atoms with Crippen LogP contribution in [0.25, 0.3) is 0 Å². The minimum absolute atomic E-state index is 1.15. The Morgan fingerprint density at radius 1 is 0.778 bits per heavy atom. The third kappa shape index (κ3) is 113. The van der Waals surface area contributed by atoms with Gasteiger partial charge >= 0.3 is 0 Å². The van der Waals surface area contributed by atoms with Crippen molar-refractivity contribution in [2.24, 2.45) is 0 Å². The molecule has 0 aromatic heterocycles. The van der Waals surface area contributed by atoms with Gasteiger partial charge in [-0.3, -0.25) is 0 Å². The predicted octanol–water partition coefficient (Wildman–Crippen LogP) is 7.33. The van der Waals surface area contributed by atoms with Crippen LogP contribution in [0.5, 0.6) is 0 Å². The second-order valence-corrected chi connectivity index (χ2v) is 3.86. The lowest BCUT2D eigenvalue weighted by atomic mass is 10.3. The second kappa shape index (κ2) is 44.2.